The number of pyridine rings is 1. The Labute approximate surface area is 160 Å². The lowest BCUT2D eigenvalue weighted by molar-refractivity contribution is 0.311. The van der Waals surface area contributed by atoms with Gasteiger partial charge in [-0.05, 0) is 31.7 Å². The van der Waals surface area contributed by atoms with Gasteiger partial charge in [0, 0.05) is 31.2 Å². The number of aromatic hydroxyl groups is 1. The number of alkyl halides is 1. The number of fused-ring (bicyclic) bond motifs is 1. The Kier molecular flexibility index (Phi) is 5.90. The SMILES string of the molecule is CN(Cc1cn(CCCF)nn1)Cc1ccc2c(Cl)cc(Cl)c(O)c2n1. The van der Waals surface area contributed by atoms with Crippen molar-refractivity contribution in [3.8, 4) is 5.75 Å². The molecular weight excluding hydrogens is 380 g/mol. The van der Waals surface area contributed by atoms with Crippen LogP contribution in [0.5, 0.6) is 5.75 Å². The van der Waals surface area contributed by atoms with E-state index in [0.29, 0.717) is 42.0 Å². The second kappa shape index (κ2) is 8.16. The summed E-state index contributed by atoms with van der Waals surface area (Å²) in [6.07, 6.45) is 2.24. The Morgan fingerprint density at radius 1 is 1.19 bits per heavy atom. The van der Waals surface area contributed by atoms with Gasteiger partial charge in [-0.1, -0.05) is 28.4 Å². The first-order valence-corrected chi connectivity index (χ1v) is 8.83. The van der Waals surface area contributed by atoms with Gasteiger partial charge in [0.2, 0.25) is 0 Å². The number of benzene rings is 1. The van der Waals surface area contributed by atoms with Crippen LogP contribution in [0, 0.1) is 0 Å². The molecule has 2 heterocycles. The molecule has 0 unspecified atom stereocenters. The third kappa shape index (κ3) is 4.23. The van der Waals surface area contributed by atoms with Crippen molar-refractivity contribution in [2.24, 2.45) is 0 Å². The molecule has 138 valence electrons. The Bertz CT molecular complexity index is 918. The standard InChI is InChI=1S/C17H18Cl2FN5O/c1-24(9-12-10-25(23-22-12)6-2-5-20)8-11-3-4-13-14(18)7-15(19)17(26)16(13)21-11/h3-4,7,10,26H,2,5-6,8-9H2,1H3. The summed E-state index contributed by atoms with van der Waals surface area (Å²) in [5.41, 5.74) is 1.94. The van der Waals surface area contributed by atoms with Gasteiger partial charge in [0.25, 0.3) is 0 Å². The van der Waals surface area contributed by atoms with Gasteiger partial charge in [-0.3, -0.25) is 14.0 Å². The molecule has 1 aromatic carbocycles. The van der Waals surface area contributed by atoms with Crippen LogP contribution < -0.4 is 0 Å². The molecule has 0 aliphatic carbocycles. The summed E-state index contributed by atoms with van der Waals surface area (Å²) in [6, 6.07) is 5.17. The van der Waals surface area contributed by atoms with E-state index in [1.165, 1.54) is 6.07 Å². The minimum Gasteiger partial charge on any atom is -0.504 e. The maximum absolute atomic E-state index is 12.2. The van der Waals surface area contributed by atoms with Crippen LogP contribution >= 0.6 is 23.2 Å². The van der Waals surface area contributed by atoms with E-state index in [1.54, 1.807) is 4.68 Å². The summed E-state index contributed by atoms with van der Waals surface area (Å²) in [6.45, 7) is 1.25. The highest BCUT2D eigenvalue weighted by atomic mass is 35.5. The van der Waals surface area contributed by atoms with Crippen molar-refractivity contribution in [3.63, 3.8) is 0 Å². The molecule has 0 fully saturated rings. The van der Waals surface area contributed by atoms with Gasteiger partial charge >= 0.3 is 0 Å². The molecule has 1 N–H and O–H groups in total. The van der Waals surface area contributed by atoms with E-state index in [0.717, 1.165) is 11.4 Å². The highest BCUT2D eigenvalue weighted by Crippen LogP contribution is 2.36. The van der Waals surface area contributed by atoms with Crippen molar-refractivity contribution < 1.29 is 9.50 Å². The van der Waals surface area contributed by atoms with Gasteiger partial charge in [0.05, 0.1) is 28.1 Å². The van der Waals surface area contributed by atoms with Crippen molar-refractivity contribution in [3.05, 3.63) is 45.8 Å². The van der Waals surface area contributed by atoms with Gasteiger partial charge < -0.3 is 5.11 Å². The monoisotopic (exact) mass is 397 g/mol. The smallest absolute Gasteiger partial charge is 0.160 e. The highest BCUT2D eigenvalue weighted by molar-refractivity contribution is 6.39. The molecule has 0 saturated heterocycles. The molecule has 0 radical (unpaired) electrons. The van der Waals surface area contributed by atoms with Gasteiger partial charge in [-0.2, -0.15) is 0 Å². The molecule has 26 heavy (non-hydrogen) atoms. The average molecular weight is 398 g/mol. The fourth-order valence-electron chi connectivity index (χ4n) is 2.68. The Morgan fingerprint density at radius 3 is 2.73 bits per heavy atom. The molecule has 0 aliphatic heterocycles. The summed E-state index contributed by atoms with van der Waals surface area (Å²) >= 11 is 12.1. The second-order valence-corrected chi connectivity index (χ2v) is 6.89. The minimum atomic E-state index is -0.371. The first-order valence-electron chi connectivity index (χ1n) is 8.08. The largest absolute Gasteiger partial charge is 0.504 e. The molecule has 6 nitrogen and oxygen atoms in total. The molecule has 0 spiro atoms. The van der Waals surface area contributed by atoms with Crippen molar-refractivity contribution in [2.45, 2.75) is 26.1 Å². The molecule has 0 bridgehead atoms. The molecule has 0 atom stereocenters. The highest BCUT2D eigenvalue weighted by Gasteiger charge is 2.13. The van der Waals surface area contributed by atoms with Crippen LogP contribution in [0.25, 0.3) is 10.9 Å². The normalized spacial score (nSPS) is 11.6. The predicted octanol–water partition coefficient (Wildman–Crippen LogP) is 3.83. The summed E-state index contributed by atoms with van der Waals surface area (Å²) in [4.78, 5) is 6.50. The van der Waals surface area contributed by atoms with E-state index in [2.05, 4.69) is 15.3 Å². The van der Waals surface area contributed by atoms with Gasteiger partial charge in [-0.25, -0.2) is 4.98 Å². The van der Waals surface area contributed by atoms with E-state index >= 15 is 0 Å². The number of aryl methyl sites for hydroxylation is 1. The topological polar surface area (TPSA) is 67.1 Å². The molecule has 9 heteroatoms. The van der Waals surface area contributed by atoms with E-state index in [9.17, 15) is 9.50 Å². The maximum atomic E-state index is 12.2. The van der Waals surface area contributed by atoms with E-state index < -0.39 is 0 Å². The number of nitrogens with zero attached hydrogens (tertiary/aromatic N) is 5. The van der Waals surface area contributed by atoms with Crippen molar-refractivity contribution in [1.29, 1.82) is 0 Å². The lowest BCUT2D eigenvalue weighted by atomic mass is 10.2. The first-order chi connectivity index (χ1) is 12.5. The third-order valence-electron chi connectivity index (χ3n) is 3.88. The number of halogens is 3. The van der Waals surface area contributed by atoms with Gasteiger partial charge in [0.1, 0.15) is 5.52 Å². The molecule has 0 aliphatic rings. The number of phenolic OH excluding ortho intramolecular Hbond substituents is 1. The zero-order valence-electron chi connectivity index (χ0n) is 14.2. The zero-order valence-corrected chi connectivity index (χ0v) is 15.7. The summed E-state index contributed by atoms with van der Waals surface area (Å²) < 4.78 is 13.9. The molecule has 3 aromatic rings. The predicted molar refractivity (Wildman–Crippen MR) is 99.2 cm³/mol. The number of hydrogen-bond donors (Lipinski definition) is 1. The minimum absolute atomic E-state index is 0.0774. The maximum Gasteiger partial charge on any atom is 0.160 e. The Morgan fingerprint density at radius 2 is 1.96 bits per heavy atom. The van der Waals surface area contributed by atoms with Crippen molar-refractivity contribution in [1.82, 2.24) is 24.9 Å². The summed E-state index contributed by atoms with van der Waals surface area (Å²) in [5, 5.41) is 19.5. The lowest BCUT2D eigenvalue weighted by Gasteiger charge is -2.15. The number of rotatable bonds is 7. The summed E-state index contributed by atoms with van der Waals surface area (Å²) in [7, 11) is 1.93. The van der Waals surface area contributed by atoms with E-state index in [4.69, 9.17) is 23.2 Å². The van der Waals surface area contributed by atoms with Crippen LogP contribution in [0.3, 0.4) is 0 Å². The molecule has 3 rings (SSSR count). The molecular formula is C17H18Cl2FN5O. The van der Waals surface area contributed by atoms with E-state index in [-0.39, 0.29) is 17.4 Å². The summed E-state index contributed by atoms with van der Waals surface area (Å²) in [5.74, 6) is -0.0774. The molecule has 0 saturated carbocycles. The fourth-order valence-corrected chi connectivity index (χ4v) is 3.20. The van der Waals surface area contributed by atoms with E-state index in [1.807, 2.05) is 30.3 Å². The average Bonchev–Trinajstić information content (AvgIpc) is 3.05. The van der Waals surface area contributed by atoms with Crippen LogP contribution in [0.2, 0.25) is 10.0 Å². The van der Waals surface area contributed by atoms with Crippen molar-refractivity contribution in [2.75, 3.05) is 13.7 Å². The van der Waals surface area contributed by atoms with Crippen LogP contribution in [0.4, 0.5) is 4.39 Å². The van der Waals surface area contributed by atoms with Crippen LogP contribution in [-0.4, -0.2) is 43.7 Å². The van der Waals surface area contributed by atoms with Gasteiger partial charge in [0.15, 0.2) is 5.75 Å². The zero-order chi connectivity index (χ0) is 18.7. The first kappa shape index (κ1) is 18.8. The number of phenols is 1. The molecule has 2 aromatic heterocycles. The quantitative estimate of drug-likeness (QED) is 0.655. The Hall–Kier alpha value is -1.96. The van der Waals surface area contributed by atoms with Crippen LogP contribution in [0.1, 0.15) is 17.8 Å². The second-order valence-electron chi connectivity index (χ2n) is 6.08. The van der Waals surface area contributed by atoms with Crippen LogP contribution in [-0.2, 0) is 19.6 Å². The molecule has 0 amide bonds. The number of aromatic nitrogens is 4. The fraction of sp³-hybridized carbons (Fsp3) is 0.353. The van der Waals surface area contributed by atoms with Crippen molar-refractivity contribution >= 4 is 34.1 Å². The van der Waals surface area contributed by atoms with Crippen LogP contribution in [0.15, 0.2) is 24.4 Å². The third-order valence-corrected chi connectivity index (χ3v) is 4.49. The van der Waals surface area contributed by atoms with Gasteiger partial charge in [-0.15, -0.1) is 5.10 Å². The Balaban J connectivity index is 1.72. The lowest BCUT2D eigenvalue weighted by Crippen LogP contribution is -2.18. The number of hydrogen-bond acceptors (Lipinski definition) is 5.